The van der Waals surface area contributed by atoms with Crippen molar-refractivity contribution in [1.29, 1.82) is 0 Å². The quantitative estimate of drug-likeness (QED) is 0.807. The monoisotopic (exact) mass is 318 g/mol. The molecule has 23 heavy (non-hydrogen) atoms. The summed E-state index contributed by atoms with van der Waals surface area (Å²) >= 11 is 0. The highest BCUT2D eigenvalue weighted by Crippen LogP contribution is 2.52. The van der Waals surface area contributed by atoms with Crippen LogP contribution >= 0.6 is 0 Å². The Hall–Kier alpha value is -2.63. The standard InChI is InChI=1S/C17H18O6/c1-9(18)22-11-8-17(2,3)23-15-12(11)13(19-4)10-6-7-21-14(10)16(15)20-5/h6-8H,1-5H3. The van der Waals surface area contributed by atoms with Crippen molar-refractivity contribution < 1.29 is 28.2 Å². The third-order valence-electron chi connectivity index (χ3n) is 3.53. The van der Waals surface area contributed by atoms with E-state index >= 15 is 0 Å². The van der Waals surface area contributed by atoms with E-state index in [1.54, 1.807) is 25.5 Å². The topological polar surface area (TPSA) is 67.1 Å². The summed E-state index contributed by atoms with van der Waals surface area (Å²) in [7, 11) is 3.07. The summed E-state index contributed by atoms with van der Waals surface area (Å²) in [4.78, 5) is 11.5. The van der Waals surface area contributed by atoms with Gasteiger partial charge in [-0.2, -0.15) is 0 Å². The predicted molar refractivity (Wildman–Crippen MR) is 83.8 cm³/mol. The summed E-state index contributed by atoms with van der Waals surface area (Å²) in [5.41, 5.74) is 0.367. The summed E-state index contributed by atoms with van der Waals surface area (Å²) in [6.07, 6.45) is 3.28. The summed E-state index contributed by atoms with van der Waals surface area (Å²) < 4.78 is 28.0. The summed E-state index contributed by atoms with van der Waals surface area (Å²) in [6.45, 7) is 5.07. The lowest BCUT2D eigenvalue weighted by molar-refractivity contribution is -0.134. The van der Waals surface area contributed by atoms with Crippen LogP contribution in [0.15, 0.2) is 22.8 Å². The summed E-state index contributed by atoms with van der Waals surface area (Å²) in [5, 5.41) is 0.712. The Morgan fingerprint density at radius 2 is 1.87 bits per heavy atom. The number of fused-ring (bicyclic) bond motifs is 2. The van der Waals surface area contributed by atoms with E-state index in [1.165, 1.54) is 14.0 Å². The fourth-order valence-corrected chi connectivity index (χ4v) is 2.75. The van der Waals surface area contributed by atoms with Crippen LogP contribution in [-0.2, 0) is 9.53 Å². The molecule has 3 rings (SSSR count). The van der Waals surface area contributed by atoms with Crippen LogP contribution in [0.1, 0.15) is 26.3 Å². The Labute approximate surface area is 133 Å². The molecule has 0 bridgehead atoms. The average Bonchev–Trinajstić information content (AvgIpc) is 2.92. The molecule has 6 nitrogen and oxygen atoms in total. The Balaban J connectivity index is 2.39. The lowest BCUT2D eigenvalue weighted by Gasteiger charge is -2.32. The van der Waals surface area contributed by atoms with Gasteiger partial charge >= 0.3 is 5.97 Å². The van der Waals surface area contributed by atoms with Gasteiger partial charge in [0.05, 0.1) is 25.9 Å². The fraction of sp³-hybridized carbons (Fsp3) is 0.353. The molecule has 0 aliphatic carbocycles. The van der Waals surface area contributed by atoms with Crippen molar-refractivity contribution in [3.8, 4) is 17.2 Å². The molecule has 0 spiro atoms. The van der Waals surface area contributed by atoms with Gasteiger partial charge in [0.1, 0.15) is 22.7 Å². The molecule has 1 aliphatic heterocycles. The molecule has 0 fully saturated rings. The highest BCUT2D eigenvalue weighted by Gasteiger charge is 2.36. The molecule has 0 saturated carbocycles. The third-order valence-corrected chi connectivity index (χ3v) is 3.53. The molecule has 0 radical (unpaired) electrons. The van der Waals surface area contributed by atoms with Gasteiger partial charge in [0.15, 0.2) is 11.3 Å². The molecule has 6 heteroatoms. The Kier molecular flexibility index (Phi) is 3.47. The van der Waals surface area contributed by atoms with Gasteiger partial charge in [-0.25, -0.2) is 0 Å². The summed E-state index contributed by atoms with van der Waals surface area (Å²) in [5.74, 6) is 1.32. The molecular weight excluding hydrogens is 300 g/mol. The number of ether oxygens (including phenoxy) is 4. The Morgan fingerprint density at radius 3 is 2.48 bits per heavy atom. The fourth-order valence-electron chi connectivity index (χ4n) is 2.75. The highest BCUT2D eigenvalue weighted by molar-refractivity contribution is 5.99. The number of methoxy groups -OCH3 is 2. The minimum atomic E-state index is -0.684. The van der Waals surface area contributed by atoms with Crippen molar-refractivity contribution in [3.63, 3.8) is 0 Å². The zero-order valence-corrected chi connectivity index (χ0v) is 13.7. The molecule has 2 aromatic rings. The van der Waals surface area contributed by atoms with Crippen LogP contribution in [0.4, 0.5) is 0 Å². The van der Waals surface area contributed by atoms with Crippen LogP contribution in [0, 0.1) is 0 Å². The maximum absolute atomic E-state index is 11.5. The van der Waals surface area contributed by atoms with Gasteiger partial charge in [0.2, 0.25) is 5.75 Å². The minimum absolute atomic E-state index is 0.377. The van der Waals surface area contributed by atoms with Crippen LogP contribution in [0.2, 0.25) is 0 Å². The van der Waals surface area contributed by atoms with Gasteiger partial charge in [0.25, 0.3) is 0 Å². The largest absolute Gasteiger partial charge is 0.495 e. The van der Waals surface area contributed by atoms with Crippen molar-refractivity contribution in [3.05, 3.63) is 24.0 Å². The van der Waals surface area contributed by atoms with Crippen molar-refractivity contribution in [1.82, 2.24) is 0 Å². The van der Waals surface area contributed by atoms with Gasteiger partial charge in [-0.15, -0.1) is 0 Å². The third kappa shape index (κ3) is 2.40. The van der Waals surface area contributed by atoms with E-state index in [0.29, 0.717) is 39.5 Å². The van der Waals surface area contributed by atoms with Crippen LogP contribution < -0.4 is 14.2 Å². The molecule has 2 heterocycles. The second-order valence-electron chi connectivity index (χ2n) is 5.74. The number of rotatable bonds is 3. The first-order valence-corrected chi connectivity index (χ1v) is 7.13. The Bertz CT molecular complexity index is 812. The molecule has 0 atom stereocenters. The van der Waals surface area contributed by atoms with Crippen LogP contribution in [0.5, 0.6) is 17.2 Å². The molecule has 0 unspecified atom stereocenters. The van der Waals surface area contributed by atoms with Crippen molar-refractivity contribution in [2.45, 2.75) is 26.4 Å². The zero-order chi connectivity index (χ0) is 16.8. The highest BCUT2D eigenvalue weighted by atomic mass is 16.6. The van der Waals surface area contributed by atoms with E-state index in [4.69, 9.17) is 23.4 Å². The number of carbonyl (C=O) groups is 1. The van der Waals surface area contributed by atoms with E-state index in [1.807, 2.05) is 13.8 Å². The first-order valence-electron chi connectivity index (χ1n) is 7.13. The van der Waals surface area contributed by atoms with Crippen LogP contribution in [0.3, 0.4) is 0 Å². The number of hydrogen-bond donors (Lipinski definition) is 0. The molecule has 1 aliphatic rings. The molecule has 122 valence electrons. The first kappa shape index (κ1) is 15.3. The van der Waals surface area contributed by atoms with Crippen molar-refractivity contribution in [2.24, 2.45) is 0 Å². The number of carbonyl (C=O) groups excluding carboxylic acids is 1. The maximum Gasteiger partial charge on any atom is 0.308 e. The molecule has 0 amide bonds. The van der Waals surface area contributed by atoms with Gasteiger partial charge < -0.3 is 23.4 Å². The predicted octanol–water partition coefficient (Wildman–Crippen LogP) is 3.53. The summed E-state index contributed by atoms with van der Waals surface area (Å²) in [6, 6.07) is 1.77. The number of benzene rings is 1. The van der Waals surface area contributed by atoms with Crippen molar-refractivity contribution in [2.75, 3.05) is 14.2 Å². The number of esters is 1. The number of hydrogen-bond acceptors (Lipinski definition) is 6. The van der Waals surface area contributed by atoms with Gasteiger partial charge in [0, 0.05) is 13.0 Å². The van der Waals surface area contributed by atoms with Gasteiger partial charge in [-0.05, 0) is 19.9 Å². The lowest BCUT2D eigenvalue weighted by atomic mass is 9.97. The van der Waals surface area contributed by atoms with E-state index in [-0.39, 0.29) is 0 Å². The molecule has 1 aromatic heterocycles. The molecule has 1 aromatic carbocycles. The van der Waals surface area contributed by atoms with E-state index in [9.17, 15) is 4.79 Å². The van der Waals surface area contributed by atoms with Crippen molar-refractivity contribution >= 4 is 22.7 Å². The molecule has 0 saturated heterocycles. The van der Waals surface area contributed by atoms with E-state index < -0.39 is 11.6 Å². The zero-order valence-electron chi connectivity index (χ0n) is 13.7. The maximum atomic E-state index is 11.5. The first-order chi connectivity index (χ1) is 10.9. The lowest BCUT2D eigenvalue weighted by Crippen LogP contribution is -2.30. The Morgan fingerprint density at radius 1 is 1.17 bits per heavy atom. The smallest absolute Gasteiger partial charge is 0.308 e. The van der Waals surface area contributed by atoms with E-state index in [2.05, 4.69) is 0 Å². The average molecular weight is 318 g/mol. The number of furan rings is 1. The molecule has 0 N–H and O–H groups in total. The normalized spacial score (nSPS) is 15.4. The minimum Gasteiger partial charge on any atom is -0.495 e. The molecular formula is C17H18O6. The van der Waals surface area contributed by atoms with E-state index in [0.717, 1.165) is 0 Å². The van der Waals surface area contributed by atoms with Gasteiger partial charge in [-0.3, -0.25) is 4.79 Å². The second kappa shape index (κ2) is 5.22. The van der Waals surface area contributed by atoms with Crippen LogP contribution in [-0.4, -0.2) is 25.8 Å². The SMILES string of the molecule is COc1c2c(c(OC)c3occc13)OC(C)(C)C=C2OC(C)=O. The second-order valence-corrected chi connectivity index (χ2v) is 5.74. The van der Waals surface area contributed by atoms with Crippen LogP contribution in [0.25, 0.3) is 16.7 Å². The van der Waals surface area contributed by atoms with Gasteiger partial charge in [-0.1, -0.05) is 0 Å².